The number of nitrogens with zero attached hydrogens (tertiary/aromatic N) is 1. The van der Waals surface area contributed by atoms with Gasteiger partial charge in [0.2, 0.25) is 0 Å². The molecular weight excluding hydrogens is 623 g/mol. The normalized spacial score (nSPS) is 11.8. The van der Waals surface area contributed by atoms with Crippen LogP contribution in [0.15, 0.2) is 188 Å². The Balaban J connectivity index is 1.08. The Morgan fingerprint density at radius 3 is 1.61 bits per heavy atom. The van der Waals surface area contributed by atoms with E-state index in [0.717, 1.165) is 50.3 Å². The van der Waals surface area contributed by atoms with E-state index in [4.69, 9.17) is 9.47 Å². The SMILES string of the molecule is c1cc2c(c(N(c3ccc(-c4ccc(-c5cccc6ccccc56)cc4)cc3)c3cccc4ccccc34)c1)Oc1cccc3cccc(c13)O2. The van der Waals surface area contributed by atoms with Gasteiger partial charge in [-0.1, -0.05) is 146 Å². The summed E-state index contributed by atoms with van der Waals surface area (Å²) in [5.41, 5.74) is 7.72. The number of hydrogen-bond donors (Lipinski definition) is 0. The van der Waals surface area contributed by atoms with Gasteiger partial charge in [0.1, 0.15) is 11.5 Å². The van der Waals surface area contributed by atoms with E-state index in [9.17, 15) is 0 Å². The van der Waals surface area contributed by atoms with Crippen molar-refractivity contribution in [2.24, 2.45) is 0 Å². The van der Waals surface area contributed by atoms with E-state index in [2.05, 4.69) is 157 Å². The van der Waals surface area contributed by atoms with Crippen molar-refractivity contribution in [3.8, 4) is 45.3 Å². The third-order valence-electron chi connectivity index (χ3n) is 9.91. The molecule has 0 amide bonds. The van der Waals surface area contributed by atoms with Crippen molar-refractivity contribution in [2.75, 3.05) is 4.90 Å². The van der Waals surface area contributed by atoms with E-state index in [-0.39, 0.29) is 0 Å². The molecule has 9 aromatic rings. The molecule has 0 unspecified atom stereocenters. The van der Waals surface area contributed by atoms with Crippen LogP contribution >= 0.6 is 0 Å². The van der Waals surface area contributed by atoms with Crippen LogP contribution in [-0.4, -0.2) is 0 Å². The maximum atomic E-state index is 6.84. The molecule has 240 valence electrons. The lowest BCUT2D eigenvalue weighted by atomic mass is 9.96. The average Bonchev–Trinajstić information content (AvgIpc) is 3.36. The number of ether oxygens (including phenoxy) is 2. The molecule has 0 fully saturated rings. The van der Waals surface area contributed by atoms with Gasteiger partial charge < -0.3 is 14.4 Å². The first-order chi connectivity index (χ1) is 25.3. The smallest absolute Gasteiger partial charge is 0.193 e. The first-order valence-corrected chi connectivity index (χ1v) is 17.3. The average molecular weight is 654 g/mol. The van der Waals surface area contributed by atoms with Crippen LogP contribution in [0.5, 0.6) is 23.0 Å². The monoisotopic (exact) mass is 653 g/mol. The molecule has 0 N–H and O–H groups in total. The molecule has 3 heteroatoms. The Kier molecular flexibility index (Phi) is 6.81. The maximum absolute atomic E-state index is 6.84. The highest BCUT2D eigenvalue weighted by Crippen LogP contribution is 2.52. The van der Waals surface area contributed by atoms with E-state index in [1.165, 1.54) is 32.8 Å². The molecule has 1 aliphatic rings. The molecule has 0 atom stereocenters. The molecule has 0 aliphatic carbocycles. The van der Waals surface area contributed by atoms with Crippen LogP contribution in [0, 0.1) is 0 Å². The molecule has 3 nitrogen and oxygen atoms in total. The fraction of sp³-hybridized carbons (Fsp3) is 0. The molecular formula is C48H31NO2. The van der Waals surface area contributed by atoms with Gasteiger partial charge in [0.15, 0.2) is 11.5 Å². The minimum Gasteiger partial charge on any atom is -0.453 e. The lowest BCUT2D eigenvalue weighted by Gasteiger charge is -2.29. The minimum atomic E-state index is 0.669. The molecule has 0 aromatic heterocycles. The molecule has 0 radical (unpaired) electrons. The number of benzene rings is 9. The highest BCUT2D eigenvalue weighted by Gasteiger charge is 2.26. The zero-order valence-electron chi connectivity index (χ0n) is 27.7. The molecule has 0 saturated carbocycles. The topological polar surface area (TPSA) is 21.7 Å². The second-order valence-electron chi connectivity index (χ2n) is 12.9. The molecule has 51 heavy (non-hydrogen) atoms. The number of fused-ring (bicyclic) bond motifs is 3. The molecule has 10 rings (SSSR count). The van der Waals surface area contributed by atoms with Crippen LogP contribution < -0.4 is 14.4 Å². The number of anilines is 3. The van der Waals surface area contributed by atoms with Crippen molar-refractivity contribution < 1.29 is 9.47 Å². The molecule has 9 aromatic carbocycles. The van der Waals surface area contributed by atoms with Gasteiger partial charge in [-0.15, -0.1) is 0 Å². The Hall–Kier alpha value is -6.84. The Labute approximate surface area is 296 Å². The Bertz CT molecular complexity index is 2730. The zero-order valence-corrected chi connectivity index (χ0v) is 27.7. The molecule has 1 aliphatic heterocycles. The third-order valence-corrected chi connectivity index (χ3v) is 9.91. The summed E-state index contributed by atoms with van der Waals surface area (Å²) in [4.78, 5) is 2.29. The van der Waals surface area contributed by atoms with Gasteiger partial charge >= 0.3 is 0 Å². The largest absolute Gasteiger partial charge is 0.453 e. The van der Waals surface area contributed by atoms with Crippen molar-refractivity contribution >= 4 is 49.4 Å². The molecule has 0 spiro atoms. The predicted molar refractivity (Wildman–Crippen MR) is 211 cm³/mol. The van der Waals surface area contributed by atoms with Crippen LogP contribution in [0.4, 0.5) is 17.1 Å². The fourth-order valence-corrected chi connectivity index (χ4v) is 7.47. The summed E-state index contributed by atoms with van der Waals surface area (Å²) < 4.78 is 13.5. The van der Waals surface area contributed by atoms with Gasteiger partial charge in [-0.3, -0.25) is 0 Å². The van der Waals surface area contributed by atoms with Crippen molar-refractivity contribution in [3.63, 3.8) is 0 Å². The highest BCUT2D eigenvalue weighted by atomic mass is 16.5. The van der Waals surface area contributed by atoms with Crippen LogP contribution in [0.2, 0.25) is 0 Å². The van der Waals surface area contributed by atoms with Gasteiger partial charge in [-0.05, 0) is 86.3 Å². The van der Waals surface area contributed by atoms with Crippen LogP contribution in [0.1, 0.15) is 0 Å². The minimum absolute atomic E-state index is 0.669. The van der Waals surface area contributed by atoms with Crippen molar-refractivity contribution in [1.82, 2.24) is 0 Å². The number of para-hydroxylation sites is 1. The number of rotatable bonds is 5. The summed E-state index contributed by atoms with van der Waals surface area (Å²) >= 11 is 0. The molecule has 0 bridgehead atoms. The summed E-state index contributed by atoms with van der Waals surface area (Å²) in [5.74, 6) is 2.90. The van der Waals surface area contributed by atoms with Crippen molar-refractivity contribution in [2.45, 2.75) is 0 Å². The van der Waals surface area contributed by atoms with Gasteiger partial charge in [0.25, 0.3) is 0 Å². The second kappa shape index (κ2) is 11.9. The van der Waals surface area contributed by atoms with Gasteiger partial charge in [-0.25, -0.2) is 0 Å². The lowest BCUT2D eigenvalue weighted by Crippen LogP contribution is -2.12. The molecule has 1 heterocycles. The zero-order chi connectivity index (χ0) is 33.7. The predicted octanol–water partition coefficient (Wildman–Crippen LogP) is 13.8. The summed E-state index contributed by atoms with van der Waals surface area (Å²) in [7, 11) is 0. The fourth-order valence-electron chi connectivity index (χ4n) is 7.47. The third kappa shape index (κ3) is 4.98. The summed E-state index contributed by atoms with van der Waals surface area (Å²) in [6.45, 7) is 0. The summed E-state index contributed by atoms with van der Waals surface area (Å²) in [6, 6.07) is 66.1. The van der Waals surface area contributed by atoms with Crippen LogP contribution in [0.25, 0.3) is 54.6 Å². The van der Waals surface area contributed by atoms with E-state index in [1.54, 1.807) is 0 Å². The standard InChI is InChI=1S/C48H31NO2/c1-3-16-39-34(10-1)12-5-18-40(39)36-26-24-32(25-27-36)33-28-30-38(31-29-33)49(42-19-6-13-35-11-2-4-17-41(35)42)43-20-9-23-46-48(43)51-45-22-8-15-37-14-7-21-44(50-46)47(37)45/h1-31H. The number of hydrogen-bond acceptors (Lipinski definition) is 3. The first-order valence-electron chi connectivity index (χ1n) is 17.3. The van der Waals surface area contributed by atoms with E-state index in [1.807, 2.05) is 36.4 Å². The Morgan fingerprint density at radius 1 is 0.333 bits per heavy atom. The van der Waals surface area contributed by atoms with Crippen LogP contribution in [0.3, 0.4) is 0 Å². The summed E-state index contributed by atoms with van der Waals surface area (Å²) in [6.07, 6.45) is 0. The first kappa shape index (κ1) is 29.1. The molecule has 0 saturated heterocycles. The Morgan fingerprint density at radius 2 is 0.843 bits per heavy atom. The van der Waals surface area contributed by atoms with Crippen molar-refractivity contribution in [3.05, 3.63) is 188 Å². The summed E-state index contributed by atoms with van der Waals surface area (Å²) in [5, 5.41) is 6.87. The second-order valence-corrected chi connectivity index (χ2v) is 12.9. The lowest BCUT2D eigenvalue weighted by molar-refractivity contribution is 0.440. The van der Waals surface area contributed by atoms with Gasteiger partial charge in [-0.2, -0.15) is 0 Å². The van der Waals surface area contributed by atoms with E-state index < -0.39 is 0 Å². The highest BCUT2D eigenvalue weighted by molar-refractivity contribution is 6.01. The van der Waals surface area contributed by atoms with Crippen LogP contribution in [-0.2, 0) is 0 Å². The quantitative estimate of drug-likeness (QED) is 0.184. The van der Waals surface area contributed by atoms with Gasteiger partial charge in [0.05, 0.1) is 16.8 Å². The van der Waals surface area contributed by atoms with Gasteiger partial charge in [0, 0.05) is 11.1 Å². The van der Waals surface area contributed by atoms with Crippen molar-refractivity contribution in [1.29, 1.82) is 0 Å². The van der Waals surface area contributed by atoms with E-state index in [0.29, 0.717) is 11.5 Å². The van der Waals surface area contributed by atoms with E-state index >= 15 is 0 Å². The maximum Gasteiger partial charge on any atom is 0.193 e.